The molecule has 5 nitrogen and oxygen atoms in total. The van der Waals surface area contributed by atoms with Gasteiger partial charge in [0.15, 0.2) is 0 Å². The molecule has 1 fully saturated rings. The number of aryl methyl sites for hydroxylation is 3. The smallest absolute Gasteiger partial charge is 0.270 e. The molecular formula is C25H27N3O2. The molecule has 5 heteroatoms. The van der Waals surface area contributed by atoms with Gasteiger partial charge < -0.3 is 14.8 Å². The quantitative estimate of drug-likeness (QED) is 0.706. The SMILES string of the molecule is Cc1ccc2c(c1)c(N1CCCC1=O)c(C(=O)N[C@H]1CCCc3ccccc31)n2C. The predicted molar refractivity (Wildman–Crippen MR) is 119 cm³/mol. The van der Waals surface area contributed by atoms with E-state index in [1.54, 1.807) is 0 Å². The molecule has 0 bridgehead atoms. The van der Waals surface area contributed by atoms with Crippen LogP contribution >= 0.6 is 0 Å². The second-order valence-electron chi connectivity index (χ2n) is 8.54. The second kappa shape index (κ2) is 7.31. The number of fused-ring (bicyclic) bond motifs is 2. The number of anilines is 1. The van der Waals surface area contributed by atoms with Gasteiger partial charge in [-0.25, -0.2) is 0 Å². The third kappa shape index (κ3) is 3.00. The van der Waals surface area contributed by atoms with Crippen molar-refractivity contribution >= 4 is 28.4 Å². The Hall–Kier alpha value is -3.08. The summed E-state index contributed by atoms with van der Waals surface area (Å²) in [5.74, 6) is -0.0103. The summed E-state index contributed by atoms with van der Waals surface area (Å²) >= 11 is 0. The fourth-order valence-corrected chi connectivity index (χ4v) is 5.09. The lowest BCUT2D eigenvalue weighted by Crippen LogP contribution is -2.34. The first-order valence-corrected chi connectivity index (χ1v) is 10.8. The maximum Gasteiger partial charge on any atom is 0.270 e. The normalized spacial score (nSPS) is 18.7. The highest BCUT2D eigenvalue weighted by Crippen LogP contribution is 2.37. The first-order valence-electron chi connectivity index (χ1n) is 10.8. The molecule has 2 heterocycles. The average molecular weight is 402 g/mol. The molecule has 1 N–H and O–H groups in total. The van der Waals surface area contributed by atoms with Gasteiger partial charge in [0, 0.05) is 25.4 Å². The maximum atomic E-state index is 13.6. The van der Waals surface area contributed by atoms with Crippen molar-refractivity contribution in [3.63, 3.8) is 0 Å². The molecule has 1 atom stereocenters. The molecule has 1 aromatic heterocycles. The molecule has 0 unspecified atom stereocenters. The van der Waals surface area contributed by atoms with Gasteiger partial charge in [0.05, 0.1) is 17.2 Å². The number of amides is 2. The van der Waals surface area contributed by atoms with Crippen LogP contribution in [0.4, 0.5) is 5.69 Å². The summed E-state index contributed by atoms with van der Waals surface area (Å²) in [5, 5.41) is 4.26. The Labute approximate surface area is 176 Å². The summed E-state index contributed by atoms with van der Waals surface area (Å²) in [6.07, 6.45) is 4.43. The van der Waals surface area contributed by atoms with Crippen LogP contribution in [0.15, 0.2) is 42.5 Å². The Bertz CT molecular complexity index is 1160. The number of hydrogen-bond acceptors (Lipinski definition) is 2. The lowest BCUT2D eigenvalue weighted by atomic mass is 9.87. The lowest BCUT2D eigenvalue weighted by molar-refractivity contribution is -0.117. The monoisotopic (exact) mass is 401 g/mol. The van der Waals surface area contributed by atoms with Gasteiger partial charge in [-0.15, -0.1) is 0 Å². The van der Waals surface area contributed by atoms with Gasteiger partial charge in [-0.2, -0.15) is 0 Å². The fraction of sp³-hybridized carbons (Fsp3) is 0.360. The molecule has 154 valence electrons. The standard InChI is InChI=1S/C25H27N3O2/c1-16-12-13-21-19(15-16)23(28-14-6-11-22(28)29)24(27(21)2)25(30)26-20-10-5-8-17-7-3-4-9-18(17)20/h3-4,7,9,12-13,15,20H,5-6,8,10-11,14H2,1-2H3,(H,26,30)/t20-/m0/s1. The average Bonchev–Trinajstić information content (AvgIpc) is 3.28. The minimum atomic E-state index is -0.109. The van der Waals surface area contributed by atoms with Gasteiger partial charge in [0.1, 0.15) is 5.69 Å². The van der Waals surface area contributed by atoms with Gasteiger partial charge >= 0.3 is 0 Å². The van der Waals surface area contributed by atoms with E-state index in [0.717, 1.165) is 47.8 Å². The minimum absolute atomic E-state index is 0.00401. The number of nitrogens with zero attached hydrogens (tertiary/aromatic N) is 2. The molecule has 2 amide bonds. The Morgan fingerprint density at radius 2 is 1.93 bits per heavy atom. The van der Waals surface area contributed by atoms with Crippen molar-refractivity contribution in [3.05, 3.63) is 64.8 Å². The van der Waals surface area contributed by atoms with Gasteiger partial charge in [0.25, 0.3) is 5.91 Å². The van der Waals surface area contributed by atoms with E-state index < -0.39 is 0 Å². The van der Waals surface area contributed by atoms with E-state index in [-0.39, 0.29) is 17.9 Å². The van der Waals surface area contributed by atoms with Gasteiger partial charge in [-0.05, 0) is 55.9 Å². The zero-order valence-corrected chi connectivity index (χ0v) is 17.6. The number of carbonyl (C=O) groups excluding carboxylic acids is 2. The molecule has 1 saturated heterocycles. The molecule has 0 radical (unpaired) electrons. The van der Waals surface area contributed by atoms with Crippen LogP contribution in [0.5, 0.6) is 0 Å². The number of nitrogens with one attached hydrogen (secondary N) is 1. The molecule has 3 aromatic rings. The Morgan fingerprint density at radius 1 is 1.10 bits per heavy atom. The third-order valence-corrected chi connectivity index (χ3v) is 6.56. The van der Waals surface area contributed by atoms with E-state index in [2.05, 4.69) is 35.6 Å². The van der Waals surface area contributed by atoms with E-state index in [1.165, 1.54) is 11.1 Å². The molecule has 30 heavy (non-hydrogen) atoms. The van der Waals surface area contributed by atoms with Crippen LogP contribution in [0.3, 0.4) is 0 Å². The summed E-state index contributed by atoms with van der Waals surface area (Å²) < 4.78 is 1.94. The van der Waals surface area contributed by atoms with Crippen molar-refractivity contribution in [3.8, 4) is 0 Å². The van der Waals surface area contributed by atoms with Crippen LogP contribution in [-0.4, -0.2) is 22.9 Å². The summed E-state index contributed by atoms with van der Waals surface area (Å²) in [7, 11) is 1.92. The summed E-state index contributed by atoms with van der Waals surface area (Å²) in [5.41, 5.74) is 5.97. The highest BCUT2D eigenvalue weighted by atomic mass is 16.2. The topological polar surface area (TPSA) is 54.3 Å². The van der Waals surface area contributed by atoms with Crippen molar-refractivity contribution in [2.75, 3.05) is 11.4 Å². The van der Waals surface area contributed by atoms with Crippen molar-refractivity contribution in [2.45, 2.75) is 45.1 Å². The molecule has 2 aromatic carbocycles. The molecular weight excluding hydrogens is 374 g/mol. The highest BCUT2D eigenvalue weighted by Gasteiger charge is 2.32. The van der Waals surface area contributed by atoms with Gasteiger partial charge in [-0.1, -0.05) is 35.9 Å². The van der Waals surface area contributed by atoms with Crippen LogP contribution in [0.25, 0.3) is 10.9 Å². The minimum Gasteiger partial charge on any atom is -0.344 e. The zero-order valence-electron chi connectivity index (χ0n) is 17.6. The largest absolute Gasteiger partial charge is 0.344 e. The van der Waals surface area contributed by atoms with Gasteiger partial charge in [-0.3, -0.25) is 9.59 Å². The van der Waals surface area contributed by atoms with Crippen molar-refractivity contribution in [1.29, 1.82) is 0 Å². The summed E-state index contributed by atoms with van der Waals surface area (Å²) in [6.45, 7) is 2.71. The fourth-order valence-electron chi connectivity index (χ4n) is 5.09. The van der Waals surface area contributed by atoms with E-state index in [9.17, 15) is 9.59 Å². The third-order valence-electron chi connectivity index (χ3n) is 6.56. The van der Waals surface area contributed by atoms with Crippen molar-refractivity contribution < 1.29 is 9.59 Å². The predicted octanol–water partition coefficient (Wildman–Crippen LogP) is 4.42. The Morgan fingerprint density at radius 3 is 2.73 bits per heavy atom. The van der Waals surface area contributed by atoms with Crippen LogP contribution in [-0.2, 0) is 18.3 Å². The molecule has 0 saturated carbocycles. The molecule has 5 rings (SSSR count). The van der Waals surface area contributed by atoms with Gasteiger partial charge in [0.2, 0.25) is 5.91 Å². The van der Waals surface area contributed by atoms with E-state index in [1.807, 2.05) is 35.6 Å². The summed E-state index contributed by atoms with van der Waals surface area (Å²) in [6, 6.07) is 14.6. The second-order valence-corrected chi connectivity index (χ2v) is 8.54. The molecule has 2 aliphatic rings. The summed E-state index contributed by atoms with van der Waals surface area (Å²) in [4.78, 5) is 28.0. The molecule has 1 aliphatic heterocycles. The zero-order chi connectivity index (χ0) is 20.8. The van der Waals surface area contributed by atoms with E-state index >= 15 is 0 Å². The molecule has 1 aliphatic carbocycles. The first kappa shape index (κ1) is 18.9. The van der Waals surface area contributed by atoms with Crippen molar-refractivity contribution in [2.24, 2.45) is 7.05 Å². The number of hydrogen-bond donors (Lipinski definition) is 1. The lowest BCUT2D eigenvalue weighted by Gasteiger charge is -2.27. The molecule has 0 spiro atoms. The first-order chi connectivity index (χ1) is 14.5. The Kier molecular flexibility index (Phi) is 4.61. The highest BCUT2D eigenvalue weighted by molar-refractivity contribution is 6.14. The van der Waals surface area contributed by atoms with E-state index in [4.69, 9.17) is 0 Å². The number of aromatic nitrogens is 1. The van der Waals surface area contributed by atoms with E-state index in [0.29, 0.717) is 18.7 Å². The number of benzene rings is 2. The number of rotatable bonds is 3. The van der Waals surface area contributed by atoms with Crippen LogP contribution in [0.1, 0.15) is 58.9 Å². The maximum absolute atomic E-state index is 13.6. The van der Waals surface area contributed by atoms with Crippen LogP contribution < -0.4 is 10.2 Å². The van der Waals surface area contributed by atoms with Crippen molar-refractivity contribution in [1.82, 2.24) is 9.88 Å². The Balaban J connectivity index is 1.59. The van der Waals surface area contributed by atoms with Crippen LogP contribution in [0, 0.1) is 6.92 Å². The number of carbonyl (C=O) groups is 2. The van der Waals surface area contributed by atoms with Crippen LogP contribution in [0.2, 0.25) is 0 Å².